The number of anilines is 1. The summed E-state index contributed by atoms with van der Waals surface area (Å²) in [4.78, 5) is 26.6. The lowest BCUT2D eigenvalue weighted by molar-refractivity contribution is -0.125. The van der Waals surface area contributed by atoms with E-state index in [9.17, 15) is 9.59 Å². The Hall–Kier alpha value is -2.66. The molecule has 1 atom stereocenters. The van der Waals surface area contributed by atoms with Crippen LogP contribution in [-0.2, 0) is 9.59 Å². The van der Waals surface area contributed by atoms with Crippen molar-refractivity contribution in [2.75, 3.05) is 18.4 Å². The average Bonchev–Trinajstić information content (AvgIpc) is 2.65. The SMILES string of the molecule is Cc1ccc(NC(=O)[C@H](c2ccccc2)N2CCC(C(N)=O)CC2)cc1. The maximum Gasteiger partial charge on any atom is 0.246 e. The number of benzene rings is 2. The van der Waals surface area contributed by atoms with Crippen LogP contribution in [-0.4, -0.2) is 29.8 Å². The van der Waals surface area contributed by atoms with Crippen molar-refractivity contribution in [2.24, 2.45) is 11.7 Å². The molecule has 1 aliphatic heterocycles. The monoisotopic (exact) mass is 351 g/mol. The van der Waals surface area contributed by atoms with E-state index in [1.807, 2.05) is 61.5 Å². The third-order valence-electron chi connectivity index (χ3n) is 4.98. The molecule has 0 aromatic heterocycles. The molecule has 0 unspecified atom stereocenters. The molecule has 0 aliphatic carbocycles. The van der Waals surface area contributed by atoms with E-state index in [2.05, 4.69) is 10.2 Å². The third kappa shape index (κ3) is 4.29. The van der Waals surface area contributed by atoms with Gasteiger partial charge in [-0.15, -0.1) is 0 Å². The lowest BCUT2D eigenvalue weighted by atomic mass is 9.93. The zero-order valence-electron chi connectivity index (χ0n) is 15.0. The van der Waals surface area contributed by atoms with E-state index in [4.69, 9.17) is 5.73 Å². The quantitative estimate of drug-likeness (QED) is 0.870. The van der Waals surface area contributed by atoms with Gasteiger partial charge in [-0.1, -0.05) is 48.0 Å². The summed E-state index contributed by atoms with van der Waals surface area (Å²) in [5.41, 5.74) is 8.33. The van der Waals surface area contributed by atoms with Crippen molar-refractivity contribution >= 4 is 17.5 Å². The number of nitrogens with two attached hydrogens (primary N) is 1. The Morgan fingerprint density at radius 3 is 2.23 bits per heavy atom. The first-order valence-corrected chi connectivity index (χ1v) is 9.00. The molecule has 1 fully saturated rings. The summed E-state index contributed by atoms with van der Waals surface area (Å²) in [5, 5.41) is 3.03. The summed E-state index contributed by atoms with van der Waals surface area (Å²) >= 11 is 0. The van der Waals surface area contributed by atoms with E-state index < -0.39 is 0 Å². The predicted molar refractivity (Wildman–Crippen MR) is 102 cm³/mol. The van der Waals surface area contributed by atoms with E-state index in [0.717, 1.165) is 16.8 Å². The number of hydrogen-bond donors (Lipinski definition) is 2. The molecule has 0 bridgehead atoms. The van der Waals surface area contributed by atoms with Crippen LogP contribution in [0.5, 0.6) is 0 Å². The highest BCUT2D eigenvalue weighted by Gasteiger charge is 2.32. The van der Waals surface area contributed by atoms with Crippen molar-refractivity contribution in [1.82, 2.24) is 4.90 Å². The van der Waals surface area contributed by atoms with Crippen LogP contribution < -0.4 is 11.1 Å². The number of likely N-dealkylation sites (tertiary alicyclic amines) is 1. The van der Waals surface area contributed by atoms with Gasteiger partial charge in [0.15, 0.2) is 0 Å². The molecule has 136 valence electrons. The van der Waals surface area contributed by atoms with Gasteiger partial charge < -0.3 is 11.1 Å². The molecular weight excluding hydrogens is 326 g/mol. The first kappa shape index (κ1) is 18.1. The second kappa shape index (κ2) is 8.15. The van der Waals surface area contributed by atoms with Gasteiger partial charge in [0.1, 0.15) is 6.04 Å². The summed E-state index contributed by atoms with van der Waals surface area (Å²) in [6, 6.07) is 17.2. The molecule has 5 heteroatoms. The maximum absolute atomic E-state index is 13.1. The van der Waals surface area contributed by atoms with E-state index in [1.165, 1.54) is 0 Å². The highest BCUT2D eigenvalue weighted by atomic mass is 16.2. The Bertz CT molecular complexity index is 751. The van der Waals surface area contributed by atoms with Crippen LogP contribution in [0.25, 0.3) is 0 Å². The molecule has 0 spiro atoms. The molecule has 1 heterocycles. The smallest absolute Gasteiger partial charge is 0.246 e. The lowest BCUT2D eigenvalue weighted by Gasteiger charge is -2.36. The Kier molecular flexibility index (Phi) is 5.68. The fraction of sp³-hybridized carbons (Fsp3) is 0.333. The van der Waals surface area contributed by atoms with Gasteiger partial charge in [-0.25, -0.2) is 0 Å². The summed E-state index contributed by atoms with van der Waals surface area (Å²) in [5.74, 6) is -0.398. The zero-order chi connectivity index (χ0) is 18.5. The fourth-order valence-corrected chi connectivity index (χ4v) is 3.45. The van der Waals surface area contributed by atoms with Crippen molar-refractivity contribution in [3.05, 3.63) is 65.7 Å². The Morgan fingerprint density at radius 2 is 1.65 bits per heavy atom. The van der Waals surface area contributed by atoms with Crippen molar-refractivity contribution in [3.8, 4) is 0 Å². The highest BCUT2D eigenvalue weighted by molar-refractivity contribution is 5.95. The van der Waals surface area contributed by atoms with Gasteiger partial charge in [0.25, 0.3) is 0 Å². The number of rotatable bonds is 5. The van der Waals surface area contributed by atoms with E-state index in [1.54, 1.807) is 0 Å². The van der Waals surface area contributed by atoms with Crippen LogP contribution in [0.1, 0.15) is 30.0 Å². The minimum absolute atomic E-state index is 0.0578. The summed E-state index contributed by atoms with van der Waals surface area (Å²) < 4.78 is 0. The Morgan fingerprint density at radius 1 is 1.04 bits per heavy atom. The largest absolute Gasteiger partial charge is 0.369 e. The molecule has 3 rings (SSSR count). The molecule has 2 aromatic rings. The van der Waals surface area contributed by atoms with Gasteiger partial charge in [0, 0.05) is 11.6 Å². The number of nitrogens with one attached hydrogen (secondary N) is 1. The Balaban J connectivity index is 1.79. The second-order valence-electron chi connectivity index (χ2n) is 6.88. The van der Waals surface area contributed by atoms with Gasteiger partial charge in [0.2, 0.25) is 11.8 Å². The zero-order valence-corrected chi connectivity index (χ0v) is 15.0. The van der Waals surface area contributed by atoms with E-state index in [0.29, 0.717) is 25.9 Å². The number of aryl methyl sites for hydroxylation is 1. The van der Waals surface area contributed by atoms with Crippen LogP contribution in [0, 0.1) is 12.8 Å². The molecule has 1 saturated heterocycles. The number of hydrogen-bond acceptors (Lipinski definition) is 3. The van der Waals surface area contributed by atoms with Crippen molar-refractivity contribution in [1.29, 1.82) is 0 Å². The van der Waals surface area contributed by atoms with Crippen LogP contribution in [0.15, 0.2) is 54.6 Å². The number of primary amides is 1. The lowest BCUT2D eigenvalue weighted by Crippen LogP contribution is -2.44. The van der Waals surface area contributed by atoms with E-state index in [-0.39, 0.29) is 23.8 Å². The van der Waals surface area contributed by atoms with Crippen LogP contribution in [0.3, 0.4) is 0 Å². The van der Waals surface area contributed by atoms with Crippen LogP contribution in [0.4, 0.5) is 5.69 Å². The number of amides is 2. The first-order chi connectivity index (χ1) is 12.5. The van der Waals surface area contributed by atoms with E-state index >= 15 is 0 Å². The number of piperidine rings is 1. The molecule has 26 heavy (non-hydrogen) atoms. The first-order valence-electron chi connectivity index (χ1n) is 9.00. The minimum atomic E-state index is -0.383. The average molecular weight is 351 g/mol. The van der Waals surface area contributed by atoms with Crippen molar-refractivity contribution < 1.29 is 9.59 Å². The summed E-state index contributed by atoms with van der Waals surface area (Å²) in [7, 11) is 0. The maximum atomic E-state index is 13.1. The topological polar surface area (TPSA) is 75.4 Å². The van der Waals surface area contributed by atoms with Gasteiger partial charge in [0.05, 0.1) is 0 Å². The molecule has 1 aliphatic rings. The molecule has 5 nitrogen and oxygen atoms in total. The van der Waals surface area contributed by atoms with Gasteiger partial charge >= 0.3 is 0 Å². The van der Waals surface area contributed by atoms with Gasteiger partial charge in [-0.05, 0) is 50.6 Å². The fourth-order valence-electron chi connectivity index (χ4n) is 3.45. The molecule has 2 aromatic carbocycles. The molecule has 2 amide bonds. The standard InChI is InChI=1S/C21H25N3O2/c1-15-7-9-18(10-8-15)23-21(26)19(16-5-3-2-4-6-16)24-13-11-17(12-14-24)20(22)25/h2-10,17,19H,11-14H2,1H3,(H2,22,25)(H,23,26)/t19-/m0/s1. The molecular formula is C21H25N3O2. The highest BCUT2D eigenvalue weighted by Crippen LogP contribution is 2.28. The van der Waals surface area contributed by atoms with Gasteiger partial charge in [-0.3, -0.25) is 14.5 Å². The Labute approximate surface area is 154 Å². The molecule has 3 N–H and O–H groups in total. The van der Waals surface area contributed by atoms with Crippen LogP contribution in [0.2, 0.25) is 0 Å². The molecule has 0 radical (unpaired) electrons. The van der Waals surface area contributed by atoms with Crippen molar-refractivity contribution in [2.45, 2.75) is 25.8 Å². The molecule has 0 saturated carbocycles. The predicted octanol–water partition coefficient (Wildman–Crippen LogP) is 2.87. The van der Waals surface area contributed by atoms with Gasteiger partial charge in [-0.2, -0.15) is 0 Å². The number of nitrogens with zero attached hydrogens (tertiary/aromatic N) is 1. The number of carbonyl (C=O) groups excluding carboxylic acids is 2. The summed E-state index contributed by atoms with van der Waals surface area (Å²) in [6.07, 6.45) is 1.38. The minimum Gasteiger partial charge on any atom is -0.369 e. The van der Waals surface area contributed by atoms with Crippen LogP contribution >= 0.6 is 0 Å². The summed E-state index contributed by atoms with van der Waals surface area (Å²) in [6.45, 7) is 3.37. The van der Waals surface area contributed by atoms with Crippen molar-refractivity contribution in [3.63, 3.8) is 0 Å². The number of carbonyl (C=O) groups is 2. The third-order valence-corrected chi connectivity index (χ3v) is 4.98. The normalized spacial score (nSPS) is 16.8. The second-order valence-corrected chi connectivity index (χ2v) is 6.88.